The summed E-state index contributed by atoms with van der Waals surface area (Å²) in [6.45, 7) is 16.1. The van der Waals surface area contributed by atoms with Gasteiger partial charge in [-0.1, -0.05) is 57.8 Å². The number of nitrogens with one attached hydrogen (secondary N) is 2. The van der Waals surface area contributed by atoms with Crippen molar-refractivity contribution in [2.45, 2.75) is 92.7 Å². The first-order valence-electron chi connectivity index (χ1n) is 17.0. The number of carboxylic acids is 1. The van der Waals surface area contributed by atoms with Crippen LogP contribution >= 0.6 is 30.8 Å². The van der Waals surface area contributed by atoms with Crippen molar-refractivity contribution in [1.82, 2.24) is 15.1 Å². The Morgan fingerprint density at radius 3 is 2.00 bits per heavy atom. The van der Waals surface area contributed by atoms with E-state index in [-0.39, 0.29) is 39.6 Å². The third-order valence-electron chi connectivity index (χ3n) is 6.88. The van der Waals surface area contributed by atoms with E-state index in [1.54, 1.807) is 19.9 Å². The first-order valence-corrected chi connectivity index (χ1v) is 21.9. The van der Waals surface area contributed by atoms with E-state index >= 15 is 0 Å². The highest BCUT2D eigenvalue weighted by atomic mass is 35.5. The summed E-state index contributed by atoms with van der Waals surface area (Å²) >= 11 is 12.3. The lowest BCUT2D eigenvalue weighted by molar-refractivity contribution is -0.392. The molecule has 0 aliphatic carbocycles. The van der Waals surface area contributed by atoms with E-state index in [0.717, 1.165) is 17.5 Å². The lowest BCUT2D eigenvalue weighted by Gasteiger charge is -2.17. The summed E-state index contributed by atoms with van der Waals surface area (Å²) in [6, 6.07) is 4.46. The van der Waals surface area contributed by atoms with Gasteiger partial charge in [-0.25, -0.2) is 4.79 Å². The molecule has 0 amide bonds. The second kappa shape index (κ2) is 23.5. The van der Waals surface area contributed by atoms with Crippen LogP contribution in [0.25, 0.3) is 5.69 Å². The summed E-state index contributed by atoms with van der Waals surface area (Å²) in [5.74, 6) is -1.02. The Labute approximate surface area is 339 Å². The number of nitro benzene ring substituents is 2. The summed E-state index contributed by atoms with van der Waals surface area (Å²) in [5, 5.41) is 40.2. The Kier molecular flexibility index (Phi) is 21.9. The van der Waals surface area contributed by atoms with Crippen molar-refractivity contribution in [3.8, 4) is 11.4 Å². The van der Waals surface area contributed by atoms with Gasteiger partial charge in [0.15, 0.2) is 5.69 Å². The first kappa shape index (κ1) is 52.3. The number of carboxylic acid groups (broad SMARTS) is 1. The Hall–Kier alpha value is -3.71. The summed E-state index contributed by atoms with van der Waals surface area (Å²) in [5.41, 5.74) is 0.534. The maximum absolute atomic E-state index is 12.1. The van der Waals surface area contributed by atoms with E-state index in [1.807, 2.05) is 53.8 Å². The van der Waals surface area contributed by atoms with E-state index in [9.17, 15) is 39.3 Å². The molecule has 3 aromatic rings. The van der Waals surface area contributed by atoms with Crippen LogP contribution in [0, 0.1) is 34.1 Å². The van der Waals surface area contributed by atoms with Crippen LogP contribution in [-0.4, -0.2) is 79.3 Å². The predicted octanol–water partition coefficient (Wildman–Crippen LogP) is 6.60. The van der Waals surface area contributed by atoms with Gasteiger partial charge < -0.3 is 33.9 Å². The lowest BCUT2D eigenvalue weighted by atomic mass is 9.97. The van der Waals surface area contributed by atoms with Gasteiger partial charge in [0, 0.05) is 29.2 Å². The number of benzene rings is 2. The number of aryl methyl sites for hydroxylation is 1. The van der Waals surface area contributed by atoms with E-state index in [1.165, 1.54) is 12.1 Å². The molecule has 22 heteroatoms. The molecule has 0 fully saturated rings. The van der Waals surface area contributed by atoms with E-state index in [0.29, 0.717) is 44.4 Å². The van der Waals surface area contributed by atoms with Gasteiger partial charge >= 0.3 is 17.4 Å². The minimum atomic E-state index is -4.35. The van der Waals surface area contributed by atoms with Crippen LogP contribution in [0.2, 0.25) is 10.0 Å². The van der Waals surface area contributed by atoms with Gasteiger partial charge in [0.25, 0.3) is 5.69 Å². The Bertz CT molecular complexity index is 1890. The molecule has 0 aliphatic heterocycles. The molecule has 56 heavy (non-hydrogen) atoms. The average Bonchev–Trinajstić information content (AvgIpc) is 3.43. The van der Waals surface area contributed by atoms with Crippen molar-refractivity contribution >= 4 is 64.7 Å². The molecule has 4 N–H and O–H groups in total. The Morgan fingerprint density at radius 2 is 1.61 bits per heavy atom. The number of halogens is 2. The molecule has 18 nitrogen and oxygen atoms in total. The normalized spacial score (nSPS) is 12.1. The van der Waals surface area contributed by atoms with E-state index < -0.39 is 42.0 Å². The molecule has 3 rings (SSSR count). The second-order valence-electron chi connectivity index (χ2n) is 13.8. The standard InChI is InChI=1S/C15H18Cl2N2O3.C13H19N3O4.C3H8NO5P.C3H9S/c1-8(2)21-12-7-11(9(16)6-10(12)17)19-14(20)22-13(18-19)15(3,4)5;1-5-10(6-2)14-12-11(15(17)18)7-8(3)9(4)13(12)16(19)20;5-3(6)1-4-2-10(7,8)9;1-4(2)3/h6-8H,1-5H3;7,10,14H,5-6H2,1-4H3;4H,1-2H2,(H,5,6)(H2,7,8,9);1-3H3/q;;;+1/p-1. The maximum Gasteiger partial charge on any atom is 0.442 e. The van der Waals surface area contributed by atoms with Crippen LogP contribution in [-0.2, 0) is 25.7 Å². The number of nitro groups is 2. The van der Waals surface area contributed by atoms with E-state index in [2.05, 4.69) is 29.2 Å². The first-order chi connectivity index (χ1) is 25.6. The number of ether oxygens (including phenoxy) is 1. The van der Waals surface area contributed by atoms with Crippen LogP contribution in [0.1, 0.15) is 78.3 Å². The van der Waals surface area contributed by atoms with Crippen molar-refractivity contribution in [2.24, 2.45) is 0 Å². The summed E-state index contributed by atoms with van der Waals surface area (Å²) < 4.78 is 21.9. The van der Waals surface area contributed by atoms with Crippen molar-refractivity contribution in [1.29, 1.82) is 0 Å². The van der Waals surface area contributed by atoms with Gasteiger partial charge in [-0.05, 0) is 63.1 Å². The molecule has 1 unspecified atom stereocenters. The predicted molar refractivity (Wildman–Crippen MR) is 219 cm³/mol. The zero-order chi connectivity index (χ0) is 43.9. The molecule has 0 bridgehead atoms. The van der Waals surface area contributed by atoms with Crippen LogP contribution in [0.3, 0.4) is 0 Å². The van der Waals surface area contributed by atoms with Gasteiger partial charge in [0.1, 0.15) is 13.3 Å². The lowest BCUT2D eigenvalue weighted by Crippen LogP contribution is -2.25. The molecule has 316 valence electrons. The third-order valence-corrected chi connectivity index (χ3v) is 8.10. The minimum Gasteiger partial charge on any atom is -0.778 e. The monoisotopic (exact) mass is 870 g/mol. The number of rotatable bonds is 13. The SMILES string of the molecule is CC(C)Oc1cc(-n2nc(C(C)(C)C)oc2=O)c(Cl)cc1Cl.CCC(CC)Nc1c([N+](=O)[O-])cc(C)c(C)c1[N+](=O)[O-].C[S+](C)C.O=C(O)CNCP(=O)([O-])O. The number of anilines is 1. The van der Waals surface area contributed by atoms with Gasteiger partial charge in [-0.3, -0.25) is 30.3 Å². The second-order valence-corrected chi connectivity index (χ2v) is 18.7. The minimum absolute atomic E-state index is 0.0109. The highest BCUT2D eigenvalue weighted by molar-refractivity contribution is 7.94. The van der Waals surface area contributed by atoms with Crippen molar-refractivity contribution in [3.05, 3.63) is 76.0 Å². The highest BCUT2D eigenvalue weighted by Gasteiger charge is 2.30. The van der Waals surface area contributed by atoms with Gasteiger partial charge in [0.2, 0.25) is 5.89 Å². The zero-order valence-electron chi connectivity index (χ0n) is 33.6. The Balaban J connectivity index is 0.000000817. The summed E-state index contributed by atoms with van der Waals surface area (Å²) in [6.07, 6.45) is 7.28. The van der Waals surface area contributed by atoms with Gasteiger partial charge in [-0.15, -0.1) is 5.10 Å². The van der Waals surface area contributed by atoms with Crippen LogP contribution in [0.4, 0.5) is 17.1 Å². The number of nitrogens with zero attached hydrogens (tertiary/aromatic N) is 4. The molecule has 0 radical (unpaired) electrons. The molecule has 0 spiro atoms. The summed E-state index contributed by atoms with van der Waals surface area (Å²) in [4.78, 5) is 61.1. The van der Waals surface area contributed by atoms with Gasteiger partial charge in [0.05, 0.1) is 63.3 Å². The molecule has 1 atom stereocenters. The Morgan fingerprint density at radius 1 is 1.07 bits per heavy atom. The van der Waals surface area contributed by atoms with Gasteiger partial charge in [-0.2, -0.15) is 4.68 Å². The fourth-order valence-electron chi connectivity index (χ4n) is 4.15. The molecule has 0 saturated heterocycles. The molecule has 0 saturated carbocycles. The molecule has 1 heterocycles. The summed E-state index contributed by atoms with van der Waals surface area (Å²) in [7, 11) is -3.71. The van der Waals surface area contributed by atoms with Crippen LogP contribution in [0.15, 0.2) is 27.4 Å². The van der Waals surface area contributed by atoms with Crippen molar-refractivity contribution < 1.29 is 43.3 Å². The molecule has 1 aromatic heterocycles. The molecule has 0 aliphatic rings. The fraction of sp³-hybridized carbons (Fsp3) is 0.559. The van der Waals surface area contributed by atoms with Crippen molar-refractivity contribution in [2.75, 3.05) is 36.9 Å². The van der Waals surface area contributed by atoms with Crippen LogP contribution in [0.5, 0.6) is 5.75 Å². The fourth-order valence-corrected chi connectivity index (χ4v) is 5.06. The smallest absolute Gasteiger partial charge is 0.442 e. The highest BCUT2D eigenvalue weighted by Crippen LogP contribution is 2.40. The van der Waals surface area contributed by atoms with Crippen LogP contribution < -0.4 is 26.0 Å². The largest absolute Gasteiger partial charge is 0.778 e. The number of hydrogen-bond donors (Lipinski definition) is 4. The molecular formula is C34H53Cl2N6O12PS. The third kappa shape index (κ3) is 18.5. The average molecular weight is 872 g/mol. The number of aliphatic carboxylic acids is 1. The topological polar surface area (TPSA) is 265 Å². The zero-order valence-corrected chi connectivity index (χ0v) is 36.8. The van der Waals surface area contributed by atoms with E-state index in [4.69, 9.17) is 42.4 Å². The number of hydrogen-bond acceptors (Lipinski definition) is 13. The molecule has 2 aromatic carbocycles. The molecular weight excluding hydrogens is 818 g/mol. The number of carbonyl (C=O) groups is 1. The number of aromatic nitrogens is 2. The van der Waals surface area contributed by atoms with Crippen molar-refractivity contribution in [3.63, 3.8) is 0 Å². The maximum atomic E-state index is 12.1. The quantitative estimate of drug-likeness (QED) is 0.0610.